The van der Waals surface area contributed by atoms with Gasteiger partial charge in [-0.15, -0.1) is 0 Å². The van der Waals surface area contributed by atoms with Crippen LogP contribution in [0.2, 0.25) is 0 Å². The van der Waals surface area contributed by atoms with Crippen LogP contribution in [0.15, 0.2) is 35.3 Å². The quantitative estimate of drug-likeness (QED) is 0.320. The monoisotopic (exact) mass is 446 g/mol. The molecule has 1 heterocycles. The van der Waals surface area contributed by atoms with Gasteiger partial charge in [-0.2, -0.15) is 0 Å². The van der Waals surface area contributed by atoms with Gasteiger partial charge in [0, 0.05) is 65.0 Å². The third-order valence-electron chi connectivity index (χ3n) is 4.92. The molecule has 0 radical (unpaired) electrons. The molecule has 32 heavy (non-hydrogen) atoms. The normalized spacial score (nSPS) is 14.7. The number of carbonyl (C=O) groups excluding carboxylic acids is 2. The number of anilines is 1. The van der Waals surface area contributed by atoms with E-state index in [-0.39, 0.29) is 5.91 Å². The number of nitrogens with zero attached hydrogens (tertiary/aromatic N) is 3. The van der Waals surface area contributed by atoms with Crippen molar-refractivity contribution in [1.82, 2.24) is 20.9 Å². The summed E-state index contributed by atoms with van der Waals surface area (Å²) in [6.45, 7) is 10.4. The summed E-state index contributed by atoms with van der Waals surface area (Å²) in [5, 5.41) is 9.08. The topological polar surface area (TPSA) is 98.3 Å². The fraction of sp³-hybridized carbons (Fsp3) is 0.609. The number of aliphatic imine (C=N–C) groups is 1. The van der Waals surface area contributed by atoms with Gasteiger partial charge in [-0.05, 0) is 39.3 Å². The minimum atomic E-state index is -0.499. The molecule has 1 aliphatic rings. The highest BCUT2D eigenvalue weighted by Crippen LogP contribution is 2.15. The van der Waals surface area contributed by atoms with Crippen LogP contribution < -0.4 is 20.9 Å². The molecule has 9 nitrogen and oxygen atoms in total. The van der Waals surface area contributed by atoms with E-state index in [1.54, 1.807) is 7.05 Å². The van der Waals surface area contributed by atoms with Gasteiger partial charge in [-0.3, -0.25) is 9.79 Å². The summed E-state index contributed by atoms with van der Waals surface area (Å²) in [4.78, 5) is 32.6. The first-order chi connectivity index (χ1) is 15.3. The Kier molecular flexibility index (Phi) is 10.1. The maximum Gasteiger partial charge on any atom is 0.407 e. The Bertz CT molecular complexity index is 740. The molecule has 2 amide bonds. The van der Waals surface area contributed by atoms with Crippen LogP contribution in [0.4, 0.5) is 10.5 Å². The van der Waals surface area contributed by atoms with Gasteiger partial charge in [0.15, 0.2) is 5.96 Å². The van der Waals surface area contributed by atoms with Gasteiger partial charge in [0.2, 0.25) is 5.91 Å². The smallest absolute Gasteiger partial charge is 0.407 e. The number of para-hydroxylation sites is 1. The molecule has 1 aromatic rings. The standard InChI is InChI=1S/C23H38N6O3/c1-23(2,3)32-22(31)27-13-8-12-25-21(24-4)26-14-11-20(30)29-17-15-28(16-18-29)19-9-6-5-7-10-19/h5-7,9-10H,8,11-18H2,1-4H3,(H,27,31)(H2,24,25,26). The third kappa shape index (κ3) is 9.45. The molecule has 1 aliphatic heterocycles. The van der Waals surface area contributed by atoms with E-state index in [1.807, 2.05) is 43.9 Å². The Balaban J connectivity index is 1.57. The van der Waals surface area contributed by atoms with Crippen molar-refractivity contribution in [2.45, 2.75) is 39.2 Å². The molecular formula is C23H38N6O3. The van der Waals surface area contributed by atoms with Crippen LogP contribution in [-0.4, -0.2) is 81.3 Å². The van der Waals surface area contributed by atoms with E-state index < -0.39 is 11.7 Å². The second-order valence-electron chi connectivity index (χ2n) is 8.66. The molecule has 0 aromatic heterocycles. The molecule has 0 unspecified atom stereocenters. The summed E-state index contributed by atoms with van der Waals surface area (Å²) in [7, 11) is 1.69. The highest BCUT2D eigenvalue weighted by atomic mass is 16.6. The summed E-state index contributed by atoms with van der Waals surface area (Å²) in [6, 6.07) is 10.3. The maximum absolute atomic E-state index is 12.5. The number of alkyl carbamates (subject to hydrolysis) is 1. The van der Waals surface area contributed by atoms with Crippen LogP contribution in [0.3, 0.4) is 0 Å². The fourth-order valence-electron chi connectivity index (χ4n) is 3.32. The molecule has 2 rings (SSSR count). The van der Waals surface area contributed by atoms with E-state index in [1.165, 1.54) is 5.69 Å². The lowest BCUT2D eigenvalue weighted by atomic mass is 10.2. The Morgan fingerprint density at radius 3 is 2.22 bits per heavy atom. The molecule has 0 bridgehead atoms. The molecule has 178 valence electrons. The van der Waals surface area contributed by atoms with Crippen molar-refractivity contribution in [1.29, 1.82) is 0 Å². The van der Waals surface area contributed by atoms with E-state index in [2.05, 4.69) is 38.0 Å². The van der Waals surface area contributed by atoms with Gasteiger partial charge in [0.05, 0.1) is 0 Å². The number of carbonyl (C=O) groups is 2. The van der Waals surface area contributed by atoms with Crippen LogP contribution >= 0.6 is 0 Å². The van der Waals surface area contributed by atoms with E-state index in [0.29, 0.717) is 32.0 Å². The highest BCUT2D eigenvalue weighted by Gasteiger charge is 2.21. The van der Waals surface area contributed by atoms with Gasteiger partial charge in [0.1, 0.15) is 5.60 Å². The molecule has 0 aliphatic carbocycles. The van der Waals surface area contributed by atoms with E-state index in [9.17, 15) is 9.59 Å². The highest BCUT2D eigenvalue weighted by molar-refractivity contribution is 5.81. The molecular weight excluding hydrogens is 408 g/mol. The lowest BCUT2D eigenvalue weighted by Gasteiger charge is -2.36. The van der Waals surface area contributed by atoms with Crippen molar-refractivity contribution in [2.75, 3.05) is 57.8 Å². The average molecular weight is 447 g/mol. The Morgan fingerprint density at radius 2 is 1.59 bits per heavy atom. The van der Waals surface area contributed by atoms with Crippen LogP contribution in [0.25, 0.3) is 0 Å². The zero-order chi connectivity index (χ0) is 23.4. The zero-order valence-corrected chi connectivity index (χ0v) is 19.8. The number of hydrogen-bond donors (Lipinski definition) is 3. The number of nitrogens with one attached hydrogen (secondary N) is 3. The summed E-state index contributed by atoms with van der Waals surface area (Å²) in [6.07, 6.45) is 0.736. The first-order valence-electron chi connectivity index (χ1n) is 11.3. The van der Waals surface area contributed by atoms with E-state index in [0.717, 1.165) is 32.6 Å². The third-order valence-corrected chi connectivity index (χ3v) is 4.92. The largest absolute Gasteiger partial charge is 0.444 e. The van der Waals surface area contributed by atoms with Gasteiger partial charge in [0.25, 0.3) is 0 Å². The molecule has 9 heteroatoms. The number of guanidine groups is 1. The average Bonchev–Trinajstić information content (AvgIpc) is 2.77. The minimum Gasteiger partial charge on any atom is -0.444 e. The van der Waals surface area contributed by atoms with Gasteiger partial charge >= 0.3 is 6.09 Å². The predicted octanol–water partition coefficient (Wildman–Crippen LogP) is 1.81. The Morgan fingerprint density at radius 1 is 0.969 bits per heavy atom. The zero-order valence-electron chi connectivity index (χ0n) is 19.8. The lowest BCUT2D eigenvalue weighted by Crippen LogP contribution is -2.49. The number of benzene rings is 1. The number of piperazine rings is 1. The van der Waals surface area contributed by atoms with E-state index in [4.69, 9.17) is 4.74 Å². The molecule has 3 N–H and O–H groups in total. The molecule has 0 atom stereocenters. The number of ether oxygens (including phenoxy) is 1. The second-order valence-corrected chi connectivity index (χ2v) is 8.66. The molecule has 1 fully saturated rings. The van der Waals surface area contributed by atoms with Crippen molar-refractivity contribution < 1.29 is 14.3 Å². The van der Waals surface area contributed by atoms with E-state index >= 15 is 0 Å². The molecule has 1 saturated heterocycles. The van der Waals surface area contributed by atoms with Gasteiger partial charge in [-0.1, -0.05) is 18.2 Å². The first-order valence-corrected chi connectivity index (χ1v) is 11.3. The summed E-state index contributed by atoms with van der Waals surface area (Å²) >= 11 is 0. The van der Waals surface area contributed by atoms with Crippen molar-refractivity contribution in [3.63, 3.8) is 0 Å². The number of hydrogen-bond acceptors (Lipinski definition) is 5. The summed E-state index contributed by atoms with van der Waals surface area (Å²) < 4.78 is 5.20. The molecule has 1 aromatic carbocycles. The number of amides is 2. The van der Waals surface area contributed by atoms with Crippen LogP contribution in [0.1, 0.15) is 33.6 Å². The summed E-state index contributed by atoms with van der Waals surface area (Å²) in [5.41, 5.74) is 0.707. The van der Waals surface area contributed by atoms with Crippen LogP contribution in [-0.2, 0) is 9.53 Å². The Hall–Kier alpha value is -2.97. The van der Waals surface area contributed by atoms with Crippen LogP contribution in [0, 0.1) is 0 Å². The van der Waals surface area contributed by atoms with Crippen molar-refractivity contribution in [2.24, 2.45) is 4.99 Å². The predicted molar refractivity (Wildman–Crippen MR) is 128 cm³/mol. The van der Waals surface area contributed by atoms with Gasteiger partial charge in [-0.25, -0.2) is 4.79 Å². The lowest BCUT2D eigenvalue weighted by molar-refractivity contribution is -0.131. The minimum absolute atomic E-state index is 0.155. The SMILES string of the molecule is CN=C(NCCCNC(=O)OC(C)(C)C)NCCC(=O)N1CCN(c2ccccc2)CC1. The summed E-state index contributed by atoms with van der Waals surface area (Å²) in [5.74, 6) is 0.797. The first kappa shape index (κ1) is 25.3. The maximum atomic E-state index is 12.5. The van der Waals surface area contributed by atoms with Crippen LogP contribution in [0.5, 0.6) is 0 Å². The Labute approximate surface area is 191 Å². The van der Waals surface area contributed by atoms with Crippen molar-refractivity contribution in [3.8, 4) is 0 Å². The molecule has 0 spiro atoms. The fourth-order valence-corrected chi connectivity index (χ4v) is 3.32. The van der Waals surface area contributed by atoms with Crippen molar-refractivity contribution >= 4 is 23.6 Å². The molecule has 0 saturated carbocycles. The number of rotatable bonds is 8. The van der Waals surface area contributed by atoms with Gasteiger partial charge < -0.3 is 30.5 Å². The van der Waals surface area contributed by atoms with Crippen molar-refractivity contribution in [3.05, 3.63) is 30.3 Å². The second kappa shape index (κ2) is 12.8.